The molecular weight excluding hydrogens is 432 g/mol. The van der Waals surface area contributed by atoms with Crippen LogP contribution < -0.4 is 18.9 Å². The molecule has 0 heterocycles. The lowest BCUT2D eigenvalue weighted by Crippen LogP contribution is -2.03. The smallest absolute Gasteiger partial charge is 0.335 e. The van der Waals surface area contributed by atoms with E-state index >= 15 is 0 Å². The molecule has 0 aliphatic carbocycles. The van der Waals surface area contributed by atoms with Crippen LogP contribution in [0.5, 0.6) is 23.0 Å². The van der Waals surface area contributed by atoms with Crippen molar-refractivity contribution in [2.45, 2.75) is 52.4 Å². The highest BCUT2D eigenvalue weighted by molar-refractivity contribution is 5.84. The summed E-state index contributed by atoms with van der Waals surface area (Å²) in [7, 11) is 0. The Balaban J connectivity index is 1.47. The van der Waals surface area contributed by atoms with Crippen molar-refractivity contribution in [3.05, 3.63) is 72.8 Å². The largest absolute Gasteiger partial charge is 0.494 e. The van der Waals surface area contributed by atoms with E-state index in [-0.39, 0.29) is 11.9 Å². The van der Waals surface area contributed by atoms with Gasteiger partial charge in [-0.1, -0.05) is 37.8 Å². The van der Waals surface area contributed by atoms with E-state index < -0.39 is 0 Å². The van der Waals surface area contributed by atoms with E-state index in [0.717, 1.165) is 50.0 Å². The Kier molecular flexibility index (Phi) is 12.7. The van der Waals surface area contributed by atoms with Crippen molar-refractivity contribution in [1.29, 1.82) is 0 Å². The highest BCUT2D eigenvalue weighted by Gasteiger charge is 2.02. The Morgan fingerprint density at radius 2 is 0.882 bits per heavy atom. The Labute approximate surface area is 202 Å². The van der Waals surface area contributed by atoms with Gasteiger partial charge in [-0.05, 0) is 75.2 Å². The highest BCUT2D eigenvalue weighted by Crippen LogP contribution is 2.19. The van der Waals surface area contributed by atoms with Gasteiger partial charge in [-0.3, -0.25) is 0 Å². The first-order valence-corrected chi connectivity index (χ1v) is 11.8. The summed E-state index contributed by atoms with van der Waals surface area (Å²) in [6, 6.07) is 14.1. The number of hydrogen-bond donors (Lipinski definition) is 0. The number of esters is 2. The maximum absolute atomic E-state index is 11.4. The Morgan fingerprint density at radius 1 is 0.559 bits per heavy atom. The molecule has 0 spiro atoms. The van der Waals surface area contributed by atoms with Gasteiger partial charge in [0.25, 0.3) is 0 Å². The lowest BCUT2D eigenvalue weighted by atomic mass is 10.1. The molecule has 2 aromatic carbocycles. The van der Waals surface area contributed by atoms with Crippen LogP contribution >= 0.6 is 0 Å². The molecule has 0 bridgehead atoms. The molecule has 0 atom stereocenters. The first-order valence-electron chi connectivity index (χ1n) is 11.8. The molecule has 34 heavy (non-hydrogen) atoms. The SMILES string of the molecule is CC=CC(=O)Oc1ccc(OCCCCCCCCOc2ccc(OC(=O)C=CC)cc2)cc1. The van der Waals surface area contributed by atoms with Crippen molar-refractivity contribution >= 4 is 11.9 Å². The fourth-order valence-electron chi connectivity index (χ4n) is 3.07. The fraction of sp³-hybridized carbons (Fsp3) is 0.357. The molecule has 6 heteroatoms. The number of carbonyl (C=O) groups is 2. The van der Waals surface area contributed by atoms with E-state index in [4.69, 9.17) is 18.9 Å². The average molecular weight is 467 g/mol. The van der Waals surface area contributed by atoms with Crippen molar-refractivity contribution < 1.29 is 28.5 Å². The molecule has 2 aromatic rings. The molecule has 0 N–H and O–H groups in total. The summed E-state index contributed by atoms with van der Waals surface area (Å²) in [5.41, 5.74) is 0. The molecule has 182 valence electrons. The summed E-state index contributed by atoms with van der Waals surface area (Å²) < 4.78 is 21.8. The molecule has 0 fully saturated rings. The van der Waals surface area contributed by atoms with Crippen molar-refractivity contribution in [2.24, 2.45) is 0 Å². The summed E-state index contributed by atoms with van der Waals surface area (Å²) >= 11 is 0. The van der Waals surface area contributed by atoms with Crippen LogP contribution in [0.15, 0.2) is 72.8 Å². The van der Waals surface area contributed by atoms with Crippen LogP contribution in [0, 0.1) is 0 Å². The third-order valence-corrected chi connectivity index (χ3v) is 4.77. The van der Waals surface area contributed by atoms with E-state index in [1.165, 1.54) is 12.2 Å². The first-order chi connectivity index (χ1) is 16.6. The van der Waals surface area contributed by atoms with Crippen LogP contribution in [0.2, 0.25) is 0 Å². The number of allylic oxidation sites excluding steroid dienone is 2. The number of hydrogen-bond acceptors (Lipinski definition) is 6. The van der Waals surface area contributed by atoms with Crippen molar-refractivity contribution in [1.82, 2.24) is 0 Å². The number of carbonyl (C=O) groups excluding carboxylic acids is 2. The molecule has 6 nitrogen and oxygen atoms in total. The Bertz CT molecular complexity index is 835. The number of rotatable bonds is 15. The first kappa shape index (κ1) is 26.7. The van der Waals surface area contributed by atoms with Crippen LogP contribution in [-0.4, -0.2) is 25.2 Å². The lowest BCUT2D eigenvalue weighted by Gasteiger charge is -2.08. The van der Waals surface area contributed by atoms with Gasteiger partial charge in [0.2, 0.25) is 0 Å². The second kappa shape index (κ2) is 16.1. The van der Waals surface area contributed by atoms with Crippen LogP contribution in [0.3, 0.4) is 0 Å². The van der Waals surface area contributed by atoms with Crippen molar-refractivity contribution in [3.63, 3.8) is 0 Å². The molecule has 0 aliphatic rings. The highest BCUT2D eigenvalue weighted by atomic mass is 16.5. The Hall–Kier alpha value is -3.54. The third-order valence-electron chi connectivity index (χ3n) is 4.77. The zero-order valence-electron chi connectivity index (χ0n) is 20.0. The summed E-state index contributed by atoms with van der Waals surface area (Å²) in [6.07, 6.45) is 12.6. The van der Waals surface area contributed by atoms with Crippen molar-refractivity contribution in [2.75, 3.05) is 13.2 Å². The lowest BCUT2D eigenvalue weighted by molar-refractivity contribution is -0.129. The second-order valence-electron chi connectivity index (χ2n) is 7.60. The molecule has 0 aliphatic heterocycles. The maximum Gasteiger partial charge on any atom is 0.335 e. The molecule has 0 aromatic heterocycles. The summed E-state index contributed by atoms with van der Waals surface area (Å²) in [4.78, 5) is 22.8. The maximum atomic E-state index is 11.4. The van der Waals surface area contributed by atoms with E-state index in [9.17, 15) is 9.59 Å². The van der Waals surface area contributed by atoms with Gasteiger partial charge >= 0.3 is 11.9 Å². The van der Waals surface area contributed by atoms with Gasteiger partial charge < -0.3 is 18.9 Å². The minimum Gasteiger partial charge on any atom is -0.494 e. The van der Waals surface area contributed by atoms with Gasteiger partial charge in [0.15, 0.2) is 0 Å². The van der Waals surface area contributed by atoms with Crippen molar-refractivity contribution in [3.8, 4) is 23.0 Å². The summed E-state index contributed by atoms with van der Waals surface area (Å²) in [5.74, 6) is 1.77. The van der Waals surface area contributed by atoms with Crippen LogP contribution in [-0.2, 0) is 9.59 Å². The predicted octanol–water partition coefficient (Wildman–Crippen LogP) is 6.45. The summed E-state index contributed by atoms with van der Waals surface area (Å²) in [6.45, 7) is 4.87. The summed E-state index contributed by atoms with van der Waals surface area (Å²) in [5, 5.41) is 0. The minimum atomic E-state index is -0.388. The van der Waals surface area contributed by atoms with Gasteiger partial charge in [0.1, 0.15) is 23.0 Å². The molecule has 0 radical (unpaired) electrons. The van der Waals surface area contributed by atoms with Gasteiger partial charge in [0.05, 0.1) is 13.2 Å². The number of benzene rings is 2. The van der Waals surface area contributed by atoms with E-state index in [0.29, 0.717) is 24.7 Å². The molecule has 0 saturated carbocycles. The van der Waals surface area contributed by atoms with Crippen LogP contribution in [0.25, 0.3) is 0 Å². The minimum absolute atomic E-state index is 0.388. The standard InChI is InChI=1S/C28H34O6/c1-3-11-27(29)33-25-17-13-23(14-18-25)31-21-9-7-5-6-8-10-22-32-24-15-19-26(20-16-24)34-28(30)12-4-2/h3-4,11-20H,5-10,21-22H2,1-2H3. The zero-order chi connectivity index (χ0) is 24.4. The topological polar surface area (TPSA) is 71.1 Å². The normalized spacial score (nSPS) is 11.0. The van der Waals surface area contributed by atoms with Gasteiger partial charge in [0, 0.05) is 12.2 Å². The predicted molar refractivity (Wildman–Crippen MR) is 132 cm³/mol. The monoisotopic (exact) mass is 466 g/mol. The molecule has 0 amide bonds. The van der Waals surface area contributed by atoms with E-state index in [2.05, 4.69) is 0 Å². The Morgan fingerprint density at radius 3 is 1.24 bits per heavy atom. The van der Waals surface area contributed by atoms with Crippen LogP contribution in [0.4, 0.5) is 0 Å². The molecule has 2 rings (SSSR count). The van der Waals surface area contributed by atoms with E-state index in [1.54, 1.807) is 50.3 Å². The van der Waals surface area contributed by atoms with Crippen LogP contribution in [0.1, 0.15) is 52.4 Å². The van der Waals surface area contributed by atoms with E-state index in [1.807, 2.05) is 24.3 Å². The van der Waals surface area contributed by atoms with Gasteiger partial charge in [-0.2, -0.15) is 0 Å². The van der Waals surface area contributed by atoms with Gasteiger partial charge in [-0.25, -0.2) is 9.59 Å². The average Bonchev–Trinajstić information content (AvgIpc) is 2.82. The second-order valence-corrected chi connectivity index (χ2v) is 7.60. The molecular formula is C28H34O6. The third kappa shape index (κ3) is 11.4. The number of ether oxygens (including phenoxy) is 4. The zero-order valence-corrected chi connectivity index (χ0v) is 20.0. The fourth-order valence-corrected chi connectivity index (χ4v) is 3.07. The molecule has 0 saturated heterocycles. The van der Waals surface area contributed by atoms with Gasteiger partial charge in [-0.15, -0.1) is 0 Å². The quantitative estimate of drug-likeness (QED) is 0.130. The molecule has 0 unspecified atom stereocenters. The number of unbranched alkanes of at least 4 members (excludes halogenated alkanes) is 5.